The third kappa shape index (κ3) is 4.25. The van der Waals surface area contributed by atoms with Crippen molar-refractivity contribution >= 4 is 23.5 Å². The van der Waals surface area contributed by atoms with Crippen molar-refractivity contribution in [3.8, 4) is 0 Å². The lowest BCUT2D eigenvalue weighted by Gasteiger charge is -2.05. The number of amides is 1. The quantitative estimate of drug-likeness (QED) is 0.878. The lowest BCUT2D eigenvalue weighted by atomic mass is 10.1. The Kier molecular flexibility index (Phi) is 4.84. The maximum Gasteiger partial charge on any atom is 0.335 e. The molecule has 0 radical (unpaired) electrons. The minimum atomic E-state index is -0.964. The zero-order valence-corrected chi connectivity index (χ0v) is 11.7. The Labute approximate surface area is 125 Å². The van der Waals surface area contributed by atoms with E-state index in [2.05, 4.69) is 15.3 Å². The molecule has 0 aliphatic carbocycles. The first kappa shape index (κ1) is 14.9. The number of carbonyl (C=O) groups excluding carboxylic acids is 1. The molecule has 6 nitrogen and oxygen atoms in total. The summed E-state index contributed by atoms with van der Waals surface area (Å²) in [6, 6.07) is 6.49. The number of aromatic nitrogens is 2. The smallest absolute Gasteiger partial charge is 0.335 e. The van der Waals surface area contributed by atoms with Crippen molar-refractivity contribution in [2.24, 2.45) is 0 Å². The molecule has 108 valence electrons. The second-order valence-electron chi connectivity index (χ2n) is 4.24. The predicted molar refractivity (Wildman–Crippen MR) is 76.5 cm³/mol. The van der Waals surface area contributed by atoms with Crippen molar-refractivity contribution in [1.82, 2.24) is 15.3 Å². The first-order valence-corrected chi connectivity index (χ1v) is 6.52. The van der Waals surface area contributed by atoms with Crippen LogP contribution in [0.3, 0.4) is 0 Å². The number of rotatable bonds is 5. The van der Waals surface area contributed by atoms with Gasteiger partial charge in [0.1, 0.15) is 10.8 Å². The van der Waals surface area contributed by atoms with Gasteiger partial charge in [-0.2, -0.15) is 0 Å². The lowest BCUT2D eigenvalue weighted by Crippen LogP contribution is -2.26. The normalized spacial score (nSPS) is 10.1. The van der Waals surface area contributed by atoms with E-state index in [1.54, 1.807) is 12.1 Å². The van der Waals surface area contributed by atoms with Crippen LogP contribution >= 0.6 is 11.6 Å². The van der Waals surface area contributed by atoms with Gasteiger partial charge in [0, 0.05) is 6.54 Å². The van der Waals surface area contributed by atoms with Gasteiger partial charge in [-0.25, -0.2) is 9.78 Å². The van der Waals surface area contributed by atoms with Crippen molar-refractivity contribution in [1.29, 1.82) is 0 Å². The van der Waals surface area contributed by atoms with E-state index in [-0.39, 0.29) is 22.3 Å². The zero-order chi connectivity index (χ0) is 15.2. The summed E-state index contributed by atoms with van der Waals surface area (Å²) in [5.74, 6) is -1.32. The SMILES string of the molecule is O=C(O)c1ccc(CCNC(=O)c2cncc(Cl)n2)cc1. The Morgan fingerprint density at radius 1 is 1.19 bits per heavy atom. The molecule has 1 aromatic carbocycles. The molecule has 2 rings (SSSR count). The number of halogens is 1. The van der Waals surface area contributed by atoms with Crippen molar-refractivity contribution < 1.29 is 14.7 Å². The number of hydrogen-bond donors (Lipinski definition) is 2. The standard InChI is InChI=1S/C14H12ClN3O3/c15-12-8-16-7-11(18-12)13(19)17-6-5-9-1-3-10(4-2-9)14(20)21/h1-4,7-8H,5-6H2,(H,17,19)(H,20,21). The summed E-state index contributed by atoms with van der Waals surface area (Å²) in [6.07, 6.45) is 3.27. The Bertz CT molecular complexity index is 659. The number of nitrogens with one attached hydrogen (secondary N) is 1. The number of carbonyl (C=O) groups is 2. The van der Waals surface area contributed by atoms with E-state index in [9.17, 15) is 9.59 Å². The molecule has 0 aliphatic heterocycles. The molecule has 1 amide bonds. The fourth-order valence-electron chi connectivity index (χ4n) is 1.68. The van der Waals surface area contributed by atoms with Gasteiger partial charge in [-0.1, -0.05) is 23.7 Å². The summed E-state index contributed by atoms with van der Waals surface area (Å²) in [5, 5.41) is 11.6. The summed E-state index contributed by atoms with van der Waals surface area (Å²) in [5.41, 5.74) is 1.32. The largest absolute Gasteiger partial charge is 0.478 e. The first-order valence-electron chi connectivity index (χ1n) is 6.14. The summed E-state index contributed by atoms with van der Waals surface area (Å²) >= 11 is 5.66. The first-order chi connectivity index (χ1) is 10.1. The molecule has 0 bridgehead atoms. The molecule has 7 heteroatoms. The van der Waals surface area contributed by atoms with E-state index in [0.29, 0.717) is 13.0 Å². The van der Waals surface area contributed by atoms with Gasteiger partial charge in [0.2, 0.25) is 0 Å². The Hall–Kier alpha value is -2.47. The van der Waals surface area contributed by atoms with Gasteiger partial charge in [0.15, 0.2) is 0 Å². The van der Waals surface area contributed by atoms with E-state index < -0.39 is 5.97 Å². The van der Waals surface area contributed by atoms with Gasteiger partial charge in [-0.15, -0.1) is 0 Å². The maximum absolute atomic E-state index is 11.8. The molecule has 0 unspecified atom stereocenters. The molecule has 1 heterocycles. The van der Waals surface area contributed by atoms with Crippen LogP contribution < -0.4 is 5.32 Å². The summed E-state index contributed by atoms with van der Waals surface area (Å²) in [7, 11) is 0. The predicted octanol–water partition coefficient (Wildman–Crippen LogP) is 1.80. The zero-order valence-electron chi connectivity index (χ0n) is 10.9. The van der Waals surface area contributed by atoms with Gasteiger partial charge in [0.05, 0.1) is 18.0 Å². The molecular weight excluding hydrogens is 294 g/mol. The highest BCUT2D eigenvalue weighted by atomic mass is 35.5. The minimum Gasteiger partial charge on any atom is -0.478 e. The van der Waals surface area contributed by atoms with Gasteiger partial charge < -0.3 is 10.4 Å². The minimum absolute atomic E-state index is 0.156. The van der Waals surface area contributed by atoms with E-state index in [1.807, 2.05) is 0 Å². The Balaban J connectivity index is 1.86. The molecular formula is C14H12ClN3O3. The Morgan fingerprint density at radius 3 is 2.52 bits per heavy atom. The number of carboxylic acid groups (broad SMARTS) is 1. The molecule has 2 N–H and O–H groups in total. The average Bonchev–Trinajstić information content (AvgIpc) is 2.47. The van der Waals surface area contributed by atoms with E-state index in [4.69, 9.17) is 16.7 Å². The van der Waals surface area contributed by atoms with E-state index in [1.165, 1.54) is 24.5 Å². The highest BCUT2D eigenvalue weighted by Crippen LogP contribution is 2.05. The van der Waals surface area contributed by atoms with Gasteiger partial charge in [0.25, 0.3) is 5.91 Å². The van der Waals surface area contributed by atoms with Crippen LogP contribution in [0, 0.1) is 0 Å². The molecule has 21 heavy (non-hydrogen) atoms. The van der Waals surface area contributed by atoms with E-state index in [0.717, 1.165) is 5.56 Å². The number of carboxylic acids is 1. The lowest BCUT2D eigenvalue weighted by molar-refractivity contribution is 0.0696. The fraction of sp³-hybridized carbons (Fsp3) is 0.143. The van der Waals surface area contributed by atoms with Crippen LogP contribution in [0.25, 0.3) is 0 Å². The Morgan fingerprint density at radius 2 is 1.90 bits per heavy atom. The molecule has 1 aromatic heterocycles. The summed E-state index contributed by atoms with van der Waals surface area (Å²) in [6.45, 7) is 0.402. The number of hydrogen-bond acceptors (Lipinski definition) is 4. The topological polar surface area (TPSA) is 92.2 Å². The highest BCUT2D eigenvalue weighted by Gasteiger charge is 2.08. The maximum atomic E-state index is 11.8. The number of aromatic carboxylic acids is 1. The van der Waals surface area contributed by atoms with Crippen LogP contribution in [0.2, 0.25) is 5.15 Å². The van der Waals surface area contributed by atoms with Crippen LogP contribution in [0.5, 0.6) is 0 Å². The fourth-order valence-corrected chi connectivity index (χ4v) is 1.82. The van der Waals surface area contributed by atoms with Crippen molar-refractivity contribution in [2.45, 2.75) is 6.42 Å². The van der Waals surface area contributed by atoms with Crippen LogP contribution in [0.1, 0.15) is 26.4 Å². The highest BCUT2D eigenvalue weighted by molar-refractivity contribution is 6.29. The van der Waals surface area contributed by atoms with E-state index >= 15 is 0 Å². The number of benzene rings is 1. The molecule has 0 fully saturated rings. The van der Waals surface area contributed by atoms with Crippen molar-refractivity contribution in [3.63, 3.8) is 0 Å². The molecule has 2 aromatic rings. The molecule has 0 saturated carbocycles. The van der Waals surface area contributed by atoms with Crippen molar-refractivity contribution in [2.75, 3.05) is 6.54 Å². The summed E-state index contributed by atoms with van der Waals surface area (Å²) in [4.78, 5) is 30.1. The third-order valence-corrected chi connectivity index (χ3v) is 2.92. The van der Waals surface area contributed by atoms with Crippen LogP contribution in [-0.4, -0.2) is 33.5 Å². The summed E-state index contributed by atoms with van der Waals surface area (Å²) < 4.78 is 0. The average molecular weight is 306 g/mol. The number of nitrogens with zero attached hydrogens (tertiary/aromatic N) is 2. The second kappa shape index (κ2) is 6.81. The van der Waals surface area contributed by atoms with Crippen molar-refractivity contribution in [3.05, 3.63) is 58.6 Å². The third-order valence-electron chi connectivity index (χ3n) is 2.74. The van der Waals surface area contributed by atoms with Gasteiger partial charge >= 0.3 is 5.97 Å². The van der Waals surface area contributed by atoms with Crippen LogP contribution in [-0.2, 0) is 6.42 Å². The van der Waals surface area contributed by atoms with Gasteiger partial charge in [-0.3, -0.25) is 9.78 Å². The second-order valence-corrected chi connectivity index (χ2v) is 4.62. The molecule has 0 saturated heterocycles. The molecule has 0 aliphatic rings. The molecule has 0 spiro atoms. The van der Waals surface area contributed by atoms with Crippen LogP contribution in [0.15, 0.2) is 36.7 Å². The van der Waals surface area contributed by atoms with Gasteiger partial charge in [-0.05, 0) is 24.1 Å². The van der Waals surface area contributed by atoms with Crippen LogP contribution in [0.4, 0.5) is 0 Å². The molecule has 0 atom stereocenters. The monoisotopic (exact) mass is 305 g/mol.